The molecule has 68 valence electrons. The van der Waals surface area contributed by atoms with Gasteiger partial charge in [0.15, 0.2) is 5.82 Å². The number of nitrogens with one attached hydrogen (secondary N) is 1. The fraction of sp³-hybridized carbons (Fsp3) is 0.200. The number of tetrazole rings is 1. The van der Waals surface area contributed by atoms with E-state index in [4.69, 9.17) is 0 Å². The first-order valence-corrected chi connectivity index (χ1v) is 5.51. The maximum atomic E-state index is 4.15. The SMILES string of the molecule is Ic1ncn(Cc2nn[nH]n2)c1I. The lowest BCUT2D eigenvalue weighted by atomic mass is 10.6. The lowest BCUT2D eigenvalue weighted by Crippen LogP contribution is -2.02. The highest BCUT2D eigenvalue weighted by Gasteiger charge is 2.06. The summed E-state index contributed by atoms with van der Waals surface area (Å²) in [4.78, 5) is 4.15. The normalized spacial score (nSPS) is 10.6. The van der Waals surface area contributed by atoms with Crippen molar-refractivity contribution in [2.75, 3.05) is 0 Å². The molecule has 0 aliphatic heterocycles. The van der Waals surface area contributed by atoms with Crippen LogP contribution in [0.25, 0.3) is 0 Å². The summed E-state index contributed by atoms with van der Waals surface area (Å²) in [5, 5.41) is 13.6. The van der Waals surface area contributed by atoms with Crippen LogP contribution in [0.1, 0.15) is 5.82 Å². The molecule has 0 bridgehead atoms. The van der Waals surface area contributed by atoms with Gasteiger partial charge in [-0.3, -0.25) is 0 Å². The molecule has 0 atom stereocenters. The van der Waals surface area contributed by atoms with E-state index in [1.165, 1.54) is 0 Å². The number of H-pyrrole nitrogens is 1. The van der Waals surface area contributed by atoms with Crippen molar-refractivity contribution >= 4 is 45.2 Å². The summed E-state index contributed by atoms with van der Waals surface area (Å²) in [5.74, 6) is 0.659. The summed E-state index contributed by atoms with van der Waals surface area (Å²) in [6.07, 6.45) is 1.76. The van der Waals surface area contributed by atoms with E-state index in [1.807, 2.05) is 4.57 Å². The minimum atomic E-state index is 0.602. The van der Waals surface area contributed by atoms with Gasteiger partial charge in [-0.1, -0.05) is 5.21 Å². The Kier molecular flexibility index (Phi) is 2.76. The number of imidazole rings is 1. The third-order valence-corrected chi connectivity index (χ3v) is 4.39. The molecule has 0 saturated heterocycles. The van der Waals surface area contributed by atoms with E-state index in [-0.39, 0.29) is 0 Å². The first-order chi connectivity index (χ1) is 6.27. The van der Waals surface area contributed by atoms with Crippen molar-refractivity contribution in [1.82, 2.24) is 30.2 Å². The van der Waals surface area contributed by atoms with Gasteiger partial charge in [0.25, 0.3) is 0 Å². The van der Waals surface area contributed by atoms with E-state index in [1.54, 1.807) is 6.33 Å². The van der Waals surface area contributed by atoms with Gasteiger partial charge in [0, 0.05) is 0 Å². The van der Waals surface area contributed by atoms with Gasteiger partial charge in [-0.25, -0.2) is 4.98 Å². The predicted octanol–water partition coefficient (Wildman–Crippen LogP) is 0.654. The zero-order chi connectivity index (χ0) is 9.26. The van der Waals surface area contributed by atoms with E-state index in [0.29, 0.717) is 12.4 Å². The summed E-state index contributed by atoms with van der Waals surface area (Å²) in [5.41, 5.74) is 0. The Bertz CT molecular complexity index is 393. The molecule has 2 aromatic rings. The van der Waals surface area contributed by atoms with Crippen molar-refractivity contribution in [3.8, 4) is 0 Å². The Morgan fingerprint density at radius 2 is 2.31 bits per heavy atom. The minimum Gasteiger partial charge on any atom is -0.317 e. The number of aromatic nitrogens is 6. The first kappa shape index (κ1) is 9.30. The molecule has 0 unspecified atom stereocenters. The maximum Gasteiger partial charge on any atom is 0.194 e. The second kappa shape index (κ2) is 3.86. The van der Waals surface area contributed by atoms with Crippen molar-refractivity contribution in [2.45, 2.75) is 6.54 Å². The summed E-state index contributed by atoms with van der Waals surface area (Å²) < 4.78 is 4.04. The van der Waals surface area contributed by atoms with Crippen molar-refractivity contribution in [3.63, 3.8) is 0 Å². The van der Waals surface area contributed by atoms with Gasteiger partial charge in [-0.2, -0.15) is 5.21 Å². The average molecular weight is 402 g/mol. The van der Waals surface area contributed by atoms with Gasteiger partial charge < -0.3 is 4.57 Å². The highest BCUT2D eigenvalue weighted by Crippen LogP contribution is 2.13. The van der Waals surface area contributed by atoms with Gasteiger partial charge in [0.1, 0.15) is 7.40 Å². The fourth-order valence-electron chi connectivity index (χ4n) is 0.855. The van der Waals surface area contributed by atoms with Gasteiger partial charge in [-0.05, 0) is 45.2 Å². The second-order valence-corrected chi connectivity index (χ2v) is 4.33. The molecule has 0 aliphatic rings. The number of hydrogen-bond donors (Lipinski definition) is 1. The van der Waals surface area contributed by atoms with E-state index in [0.717, 1.165) is 7.40 Å². The van der Waals surface area contributed by atoms with Crippen LogP contribution in [0.4, 0.5) is 0 Å². The fourth-order valence-corrected chi connectivity index (χ4v) is 1.72. The summed E-state index contributed by atoms with van der Waals surface area (Å²) in [6, 6.07) is 0. The zero-order valence-corrected chi connectivity index (χ0v) is 10.6. The van der Waals surface area contributed by atoms with E-state index in [9.17, 15) is 0 Å². The quantitative estimate of drug-likeness (QED) is 0.750. The van der Waals surface area contributed by atoms with Crippen LogP contribution in [0.15, 0.2) is 6.33 Å². The lowest BCUT2D eigenvalue weighted by molar-refractivity contribution is 0.730. The third kappa shape index (κ3) is 1.98. The lowest BCUT2D eigenvalue weighted by Gasteiger charge is -1.97. The number of aromatic amines is 1. The van der Waals surface area contributed by atoms with Crippen LogP contribution in [0, 0.1) is 7.40 Å². The first-order valence-electron chi connectivity index (χ1n) is 3.36. The largest absolute Gasteiger partial charge is 0.317 e. The third-order valence-electron chi connectivity index (χ3n) is 1.43. The zero-order valence-electron chi connectivity index (χ0n) is 6.28. The molecule has 0 saturated carbocycles. The monoisotopic (exact) mass is 402 g/mol. The van der Waals surface area contributed by atoms with Gasteiger partial charge >= 0.3 is 0 Å². The van der Waals surface area contributed by atoms with Crippen LogP contribution < -0.4 is 0 Å². The highest BCUT2D eigenvalue weighted by molar-refractivity contribution is 14.1. The van der Waals surface area contributed by atoms with Gasteiger partial charge in [0.05, 0.1) is 12.9 Å². The van der Waals surface area contributed by atoms with Crippen molar-refractivity contribution < 1.29 is 0 Å². The summed E-state index contributed by atoms with van der Waals surface area (Å²) in [6.45, 7) is 0.602. The second-order valence-electron chi connectivity index (χ2n) is 2.28. The molecule has 6 nitrogen and oxygen atoms in total. The number of nitrogens with zero attached hydrogens (tertiary/aromatic N) is 5. The highest BCUT2D eigenvalue weighted by atomic mass is 127. The molecule has 2 rings (SSSR count). The van der Waals surface area contributed by atoms with E-state index < -0.39 is 0 Å². The Balaban J connectivity index is 2.24. The van der Waals surface area contributed by atoms with Gasteiger partial charge in [0.2, 0.25) is 0 Å². The van der Waals surface area contributed by atoms with E-state index >= 15 is 0 Å². The molecule has 2 aromatic heterocycles. The summed E-state index contributed by atoms with van der Waals surface area (Å²) in [7, 11) is 0. The van der Waals surface area contributed by atoms with Crippen molar-refractivity contribution in [3.05, 3.63) is 19.6 Å². The van der Waals surface area contributed by atoms with Crippen molar-refractivity contribution in [1.29, 1.82) is 0 Å². The Labute approximate surface area is 101 Å². The topological polar surface area (TPSA) is 72.3 Å². The standard InChI is InChI=1S/C5H4I2N6/c6-4-5(7)13(2-8-4)1-3-9-11-12-10-3/h2H,1H2,(H,9,10,11,12). The smallest absolute Gasteiger partial charge is 0.194 e. The molecule has 0 aromatic carbocycles. The number of halogens is 2. The Morgan fingerprint density at radius 1 is 1.46 bits per heavy atom. The van der Waals surface area contributed by atoms with Crippen LogP contribution in [0.3, 0.4) is 0 Å². The molecule has 0 spiro atoms. The molecule has 13 heavy (non-hydrogen) atoms. The molecule has 1 N–H and O–H groups in total. The maximum absolute atomic E-state index is 4.15. The predicted molar refractivity (Wildman–Crippen MR) is 60.9 cm³/mol. The molecule has 2 heterocycles. The van der Waals surface area contributed by atoms with Gasteiger partial charge in [-0.15, -0.1) is 10.2 Å². The molecule has 0 aliphatic carbocycles. The van der Waals surface area contributed by atoms with Crippen LogP contribution in [-0.4, -0.2) is 30.2 Å². The molecule has 0 fully saturated rings. The molecular weight excluding hydrogens is 398 g/mol. The van der Waals surface area contributed by atoms with Crippen LogP contribution in [-0.2, 0) is 6.54 Å². The summed E-state index contributed by atoms with van der Waals surface area (Å²) >= 11 is 4.41. The molecular formula is C5H4I2N6. The minimum absolute atomic E-state index is 0.602. The van der Waals surface area contributed by atoms with Crippen LogP contribution in [0.5, 0.6) is 0 Å². The van der Waals surface area contributed by atoms with E-state index in [2.05, 4.69) is 70.8 Å². The number of rotatable bonds is 2. The van der Waals surface area contributed by atoms with Crippen molar-refractivity contribution in [2.24, 2.45) is 0 Å². The van der Waals surface area contributed by atoms with Crippen LogP contribution in [0.2, 0.25) is 0 Å². The molecule has 8 heteroatoms. The Morgan fingerprint density at radius 3 is 2.85 bits per heavy atom. The molecule has 0 amide bonds. The average Bonchev–Trinajstić information content (AvgIpc) is 2.71. The van der Waals surface area contributed by atoms with Crippen LogP contribution >= 0.6 is 45.2 Å². The number of hydrogen-bond acceptors (Lipinski definition) is 4. The molecule has 0 radical (unpaired) electrons. The Hall–Kier alpha value is -0.260.